The first-order valence-corrected chi connectivity index (χ1v) is 10.4. The number of likely N-dealkylation sites (N-methyl/N-ethyl adjacent to an activating group) is 1. The third-order valence-corrected chi connectivity index (χ3v) is 5.22. The Bertz CT molecular complexity index is 1100. The van der Waals surface area contributed by atoms with Crippen molar-refractivity contribution in [3.63, 3.8) is 0 Å². The maximum Gasteiger partial charge on any atom is 0.229 e. The second kappa shape index (κ2) is 10.3. The molecule has 0 spiro atoms. The molecule has 2 aromatic carbocycles. The number of hydrogen-bond acceptors (Lipinski definition) is 6. The molecular formula is C23H25ClN4O3. The van der Waals surface area contributed by atoms with Gasteiger partial charge in [0.25, 0.3) is 0 Å². The number of anilines is 1. The van der Waals surface area contributed by atoms with E-state index in [-0.39, 0.29) is 6.61 Å². The van der Waals surface area contributed by atoms with Gasteiger partial charge in [-0.15, -0.1) is 0 Å². The summed E-state index contributed by atoms with van der Waals surface area (Å²) < 4.78 is 11.7. The van der Waals surface area contributed by atoms with E-state index in [1.807, 2.05) is 13.8 Å². The number of aliphatic hydroxyl groups excluding tert-OH is 1. The number of aliphatic hydroxyl groups is 1. The molecule has 162 valence electrons. The average molecular weight is 441 g/mol. The normalized spacial score (nSPS) is 12.0. The van der Waals surface area contributed by atoms with Crippen LogP contribution in [0.5, 0.6) is 17.2 Å². The molecule has 0 bridgehead atoms. The van der Waals surface area contributed by atoms with Gasteiger partial charge < -0.3 is 25.2 Å². The summed E-state index contributed by atoms with van der Waals surface area (Å²) in [4.78, 5) is 10.1. The van der Waals surface area contributed by atoms with Crippen molar-refractivity contribution >= 4 is 33.9 Å². The highest BCUT2D eigenvalue weighted by Gasteiger charge is 2.15. The van der Waals surface area contributed by atoms with Crippen LogP contribution in [0.1, 0.15) is 13.8 Å². The van der Waals surface area contributed by atoms with Crippen LogP contribution >= 0.6 is 11.6 Å². The fraction of sp³-hybridized carbons (Fsp3) is 0.304. The van der Waals surface area contributed by atoms with Crippen LogP contribution in [0, 0.1) is 6.57 Å². The molecule has 31 heavy (non-hydrogen) atoms. The van der Waals surface area contributed by atoms with Crippen molar-refractivity contribution in [3.8, 4) is 17.2 Å². The maximum atomic E-state index is 10.3. The van der Waals surface area contributed by atoms with Crippen LogP contribution in [0.4, 0.5) is 11.4 Å². The highest BCUT2D eigenvalue weighted by molar-refractivity contribution is 6.33. The number of fused-ring (bicyclic) bond motifs is 1. The molecule has 0 radical (unpaired) electrons. The Morgan fingerprint density at radius 1 is 1.19 bits per heavy atom. The van der Waals surface area contributed by atoms with Gasteiger partial charge in [0.2, 0.25) is 5.69 Å². The van der Waals surface area contributed by atoms with Crippen LogP contribution in [0.15, 0.2) is 42.6 Å². The monoisotopic (exact) mass is 440 g/mol. The van der Waals surface area contributed by atoms with Crippen molar-refractivity contribution in [2.45, 2.75) is 20.0 Å². The molecule has 0 amide bonds. The summed E-state index contributed by atoms with van der Waals surface area (Å²) in [6.07, 6.45) is 0.958. The number of halogens is 1. The van der Waals surface area contributed by atoms with E-state index in [0.29, 0.717) is 51.1 Å². The molecule has 1 atom stereocenters. The molecule has 7 nitrogen and oxygen atoms in total. The Balaban J connectivity index is 1.84. The largest absolute Gasteiger partial charge is 0.502 e. The molecule has 3 N–H and O–H groups in total. The van der Waals surface area contributed by atoms with Gasteiger partial charge in [-0.25, -0.2) is 4.85 Å². The number of benzene rings is 2. The maximum absolute atomic E-state index is 10.3. The van der Waals surface area contributed by atoms with Crippen molar-refractivity contribution in [1.29, 1.82) is 0 Å². The predicted octanol–water partition coefficient (Wildman–Crippen LogP) is 4.89. The lowest BCUT2D eigenvalue weighted by Crippen LogP contribution is -2.35. The minimum atomic E-state index is -0.660. The average Bonchev–Trinajstić information content (AvgIpc) is 2.78. The minimum Gasteiger partial charge on any atom is -0.502 e. The van der Waals surface area contributed by atoms with Gasteiger partial charge in [0.15, 0.2) is 0 Å². The van der Waals surface area contributed by atoms with E-state index in [4.69, 9.17) is 33.4 Å². The summed E-state index contributed by atoms with van der Waals surface area (Å²) >= 11 is 6.08. The molecule has 1 heterocycles. The van der Waals surface area contributed by atoms with Gasteiger partial charge in [-0.05, 0) is 43.4 Å². The molecule has 0 saturated carbocycles. The fourth-order valence-corrected chi connectivity index (χ4v) is 3.32. The molecule has 0 fully saturated rings. The van der Waals surface area contributed by atoms with Crippen molar-refractivity contribution in [1.82, 2.24) is 9.88 Å². The van der Waals surface area contributed by atoms with Gasteiger partial charge in [0.05, 0.1) is 22.8 Å². The van der Waals surface area contributed by atoms with E-state index < -0.39 is 6.10 Å². The second-order valence-corrected chi connectivity index (χ2v) is 7.40. The summed E-state index contributed by atoms with van der Waals surface area (Å²) in [7, 11) is 0. The number of ether oxygens (including phenoxy) is 2. The molecule has 0 saturated heterocycles. The van der Waals surface area contributed by atoms with Gasteiger partial charge in [0, 0.05) is 24.2 Å². The molecule has 8 heteroatoms. The van der Waals surface area contributed by atoms with Crippen LogP contribution in [-0.4, -0.2) is 47.3 Å². The van der Waals surface area contributed by atoms with Gasteiger partial charge in [0.1, 0.15) is 30.0 Å². The Morgan fingerprint density at radius 2 is 1.97 bits per heavy atom. The quantitative estimate of drug-likeness (QED) is 0.364. The van der Waals surface area contributed by atoms with Crippen molar-refractivity contribution in [2.24, 2.45) is 0 Å². The third-order valence-electron chi connectivity index (χ3n) is 4.90. The third kappa shape index (κ3) is 5.56. The Morgan fingerprint density at radius 3 is 2.65 bits per heavy atom. The predicted molar refractivity (Wildman–Crippen MR) is 123 cm³/mol. The zero-order chi connectivity index (χ0) is 22.4. The smallest absolute Gasteiger partial charge is 0.229 e. The SMILES string of the molecule is [C-]#[N+]c1cc2c(Oc3ccc(N)c(Cl)c3)ccnc2cc1OC[C@H](O)CN(CC)CC. The molecular weight excluding hydrogens is 416 g/mol. The zero-order valence-corrected chi connectivity index (χ0v) is 18.3. The fourth-order valence-electron chi connectivity index (χ4n) is 3.15. The van der Waals surface area contributed by atoms with Gasteiger partial charge in [-0.2, -0.15) is 0 Å². The number of rotatable bonds is 9. The number of aromatic nitrogens is 1. The van der Waals surface area contributed by atoms with Crippen molar-refractivity contribution < 1.29 is 14.6 Å². The van der Waals surface area contributed by atoms with Gasteiger partial charge >= 0.3 is 0 Å². The van der Waals surface area contributed by atoms with Crippen LogP contribution in [0.3, 0.4) is 0 Å². The van der Waals surface area contributed by atoms with Crippen molar-refractivity contribution in [3.05, 3.63) is 59.0 Å². The van der Waals surface area contributed by atoms with E-state index in [0.717, 1.165) is 13.1 Å². The molecule has 1 aromatic heterocycles. The highest BCUT2D eigenvalue weighted by atomic mass is 35.5. The Kier molecular flexibility index (Phi) is 7.53. The molecule has 0 aliphatic heterocycles. The summed E-state index contributed by atoms with van der Waals surface area (Å²) in [5.74, 6) is 1.43. The summed E-state index contributed by atoms with van der Waals surface area (Å²) in [6.45, 7) is 13.9. The number of nitrogens with zero attached hydrogens (tertiary/aromatic N) is 3. The van der Waals surface area contributed by atoms with Crippen LogP contribution in [0.2, 0.25) is 5.02 Å². The molecule has 0 unspecified atom stereocenters. The standard InChI is InChI=1S/C23H25ClN4O3/c1-4-28(5-2)13-15(29)14-30-23-12-20-17(11-21(23)26-3)22(8-9-27-20)31-16-6-7-19(25)18(24)10-16/h6-12,15,29H,4-5,13-14,25H2,1-2H3/t15-/m1/s1. The summed E-state index contributed by atoms with van der Waals surface area (Å²) in [5.41, 5.74) is 7.15. The zero-order valence-electron chi connectivity index (χ0n) is 17.5. The van der Waals surface area contributed by atoms with E-state index in [1.165, 1.54) is 0 Å². The first-order chi connectivity index (χ1) is 14.9. The number of nitrogen functional groups attached to an aromatic ring is 1. The lowest BCUT2D eigenvalue weighted by molar-refractivity contribution is 0.0720. The van der Waals surface area contributed by atoms with E-state index >= 15 is 0 Å². The first kappa shape index (κ1) is 22.6. The Labute approximate surface area is 186 Å². The van der Waals surface area contributed by atoms with Gasteiger partial charge in [-0.3, -0.25) is 4.98 Å². The lowest BCUT2D eigenvalue weighted by atomic mass is 10.1. The summed E-state index contributed by atoms with van der Waals surface area (Å²) in [6, 6.07) is 10.1. The molecule has 3 aromatic rings. The molecule has 0 aliphatic rings. The highest BCUT2D eigenvalue weighted by Crippen LogP contribution is 2.38. The number of nitrogens with two attached hydrogens (primary N) is 1. The topological polar surface area (TPSA) is 85.2 Å². The Hall–Kier alpha value is -3.05. The first-order valence-electron chi connectivity index (χ1n) is 10.0. The molecule has 0 aliphatic carbocycles. The van der Waals surface area contributed by atoms with Crippen LogP contribution in [0.25, 0.3) is 15.7 Å². The van der Waals surface area contributed by atoms with Crippen molar-refractivity contribution in [2.75, 3.05) is 32.0 Å². The van der Waals surface area contributed by atoms with E-state index in [2.05, 4.69) is 14.7 Å². The van der Waals surface area contributed by atoms with E-state index in [1.54, 1.807) is 42.6 Å². The molecule has 3 rings (SSSR count). The lowest BCUT2D eigenvalue weighted by Gasteiger charge is -2.22. The number of pyridine rings is 1. The summed E-state index contributed by atoms with van der Waals surface area (Å²) in [5, 5.41) is 11.3. The number of hydrogen-bond donors (Lipinski definition) is 2. The minimum absolute atomic E-state index is 0.0880. The second-order valence-electron chi connectivity index (χ2n) is 6.99. The van der Waals surface area contributed by atoms with E-state index in [9.17, 15) is 5.11 Å². The van der Waals surface area contributed by atoms with Crippen LogP contribution < -0.4 is 15.2 Å². The van der Waals surface area contributed by atoms with Gasteiger partial charge in [-0.1, -0.05) is 25.4 Å². The van der Waals surface area contributed by atoms with Crippen LogP contribution in [-0.2, 0) is 0 Å².